The molecule has 0 radical (unpaired) electrons. The number of likely N-dealkylation sites (tertiary alicyclic amines) is 1. The third-order valence-electron chi connectivity index (χ3n) is 8.07. The number of piperidine rings is 2. The van der Waals surface area contributed by atoms with Crippen molar-refractivity contribution in [3.05, 3.63) is 101 Å². The first kappa shape index (κ1) is 29.8. The van der Waals surface area contributed by atoms with Crippen LogP contribution in [-0.4, -0.2) is 49.6 Å². The lowest BCUT2D eigenvalue weighted by Gasteiger charge is -2.30. The maximum atomic E-state index is 13.9. The molecule has 3 aromatic carbocycles. The van der Waals surface area contributed by atoms with Crippen LogP contribution in [0.15, 0.2) is 78.9 Å². The number of nitrogens with zero attached hydrogens (tertiary/aromatic N) is 1. The minimum absolute atomic E-state index is 0.0271. The van der Waals surface area contributed by atoms with Gasteiger partial charge in [0.2, 0.25) is 5.91 Å². The Kier molecular flexibility index (Phi) is 11.0. The van der Waals surface area contributed by atoms with Gasteiger partial charge in [0, 0.05) is 31.1 Å². The second kappa shape index (κ2) is 15.5. The van der Waals surface area contributed by atoms with Gasteiger partial charge in [-0.2, -0.15) is 0 Å². The van der Waals surface area contributed by atoms with Crippen molar-refractivity contribution in [1.29, 1.82) is 0 Å². The SMILES string of the molecule is O=C(CC1CCN(C/C=C/c2ccc(OC3CCNCC3)cc2)CC1)NCc1ccc(F)cc1OCc1ccccc1. The molecule has 2 aliphatic heterocycles. The molecule has 0 bridgehead atoms. The van der Waals surface area contributed by atoms with E-state index in [-0.39, 0.29) is 11.7 Å². The fraction of sp³-hybridized carbons (Fsp3) is 0.400. The zero-order valence-electron chi connectivity index (χ0n) is 24.3. The summed E-state index contributed by atoms with van der Waals surface area (Å²) in [5, 5.41) is 6.38. The maximum absolute atomic E-state index is 13.9. The van der Waals surface area contributed by atoms with Crippen LogP contribution in [0, 0.1) is 11.7 Å². The number of nitrogens with one attached hydrogen (secondary N) is 2. The highest BCUT2D eigenvalue weighted by Crippen LogP contribution is 2.23. The van der Waals surface area contributed by atoms with E-state index in [1.165, 1.54) is 17.7 Å². The Balaban J connectivity index is 0.998. The molecule has 0 spiro atoms. The van der Waals surface area contributed by atoms with E-state index in [2.05, 4.69) is 52.0 Å². The summed E-state index contributed by atoms with van der Waals surface area (Å²) in [4.78, 5) is 15.2. The minimum atomic E-state index is -0.356. The summed E-state index contributed by atoms with van der Waals surface area (Å²) in [6.07, 6.45) is 9.34. The topological polar surface area (TPSA) is 62.8 Å². The average Bonchev–Trinajstić information content (AvgIpc) is 3.02. The van der Waals surface area contributed by atoms with E-state index in [1.54, 1.807) is 6.07 Å². The summed E-state index contributed by atoms with van der Waals surface area (Å²) >= 11 is 0. The molecule has 1 amide bonds. The Bertz CT molecular complexity index is 1280. The smallest absolute Gasteiger partial charge is 0.220 e. The zero-order valence-corrected chi connectivity index (χ0v) is 24.3. The standard InChI is InChI=1S/C35H42FN3O3/c36-31-11-10-30(34(24-31)41-26-29-5-2-1-3-6-29)25-38-35(40)23-28-16-21-39(22-17-28)20-4-7-27-8-12-32(13-9-27)42-33-14-18-37-19-15-33/h1-13,24,28,33,37H,14-23,25-26H2,(H,38,40)/b7-4+. The highest BCUT2D eigenvalue weighted by atomic mass is 19.1. The predicted octanol–water partition coefficient (Wildman–Crippen LogP) is 5.97. The van der Waals surface area contributed by atoms with Crippen LogP contribution in [0.5, 0.6) is 11.5 Å². The van der Waals surface area contributed by atoms with Crippen LogP contribution in [0.3, 0.4) is 0 Å². The molecule has 0 aromatic heterocycles. The maximum Gasteiger partial charge on any atom is 0.220 e. The van der Waals surface area contributed by atoms with E-state index >= 15 is 0 Å². The van der Waals surface area contributed by atoms with Crippen molar-refractivity contribution in [2.45, 2.75) is 51.4 Å². The van der Waals surface area contributed by atoms with Crippen molar-refractivity contribution in [2.75, 3.05) is 32.7 Å². The number of hydrogen-bond acceptors (Lipinski definition) is 5. The molecule has 6 nitrogen and oxygen atoms in total. The molecule has 2 aliphatic rings. The molecule has 2 saturated heterocycles. The Hall–Kier alpha value is -3.68. The fourth-order valence-corrected chi connectivity index (χ4v) is 5.55. The predicted molar refractivity (Wildman–Crippen MR) is 165 cm³/mol. The molecule has 222 valence electrons. The number of rotatable bonds is 12. The van der Waals surface area contributed by atoms with Crippen molar-refractivity contribution < 1.29 is 18.7 Å². The van der Waals surface area contributed by atoms with Gasteiger partial charge >= 0.3 is 0 Å². The third kappa shape index (κ3) is 9.43. The molecule has 2 heterocycles. The van der Waals surface area contributed by atoms with E-state index < -0.39 is 0 Å². The number of hydrogen-bond donors (Lipinski definition) is 2. The van der Waals surface area contributed by atoms with E-state index in [0.29, 0.717) is 37.3 Å². The van der Waals surface area contributed by atoms with Crippen LogP contribution >= 0.6 is 0 Å². The van der Waals surface area contributed by atoms with E-state index in [0.717, 1.165) is 75.3 Å². The lowest BCUT2D eigenvalue weighted by molar-refractivity contribution is -0.122. The highest BCUT2D eigenvalue weighted by molar-refractivity contribution is 5.76. The second-order valence-corrected chi connectivity index (χ2v) is 11.3. The number of halogens is 1. The number of carbonyl (C=O) groups excluding carboxylic acids is 1. The second-order valence-electron chi connectivity index (χ2n) is 11.3. The van der Waals surface area contributed by atoms with Crippen molar-refractivity contribution in [3.63, 3.8) is 0 Å². The number of carbonyl (C=O) groups is 1. The van der Waals surface area contributed by atoms with E-state index in [9.17, 15) is 9.18 Å². The van der Waals surface area contributed by atoms with Gasteiger partial charge in [-0.3, -0.25) is 9.69 Å². The van der Waals surface area contributed by atoms with Gasteiger partial charge in [-0.1, -0.05) is 60.7 Å². The fourth-order valence-electron chi connectivity index (χ4n) is 5.55. The first-order valence-electron chi connectivity index (χ1n) is 15.2. The molecule has 0 saturated carbocycles. The Labute approximate surface area is 248 Å². The Morgan fingerprint density at radius 3 is 2.50 bits per heavy atom. The van der Waals surface area contributed by atoms with E-state index in [4.69, 9.17) is 9.47 Å². The van der Waals surface area contributed by atoms with Gasteiger partial charge in [0.15, 0.2) is 0 Å². The van der Waals surface area contributed by atoms with Gasteiger partial charge in [-0.05, 0) is 87.1 Å². The van der Waals surface area contributed by atoms with E-state index in [1.807, 2.05) is 30.3 Å². The quantitative estimate of drug-likeness (QED) is 0.281. The van der Waals surface area contributed by atoms with Crippen molar-refractivity contribution >= 4 is 12.0 Å². The molecule has 2 fully saturated rings. The molecule has 7 heteroatoms. The number of ether oxygens (including phenoxy) is 2. The molecular weight excluding hydrogens is 529 g/mol. The largest absolute Gasteiger partial charge is 0.490 e. The van der Waals surface area contributed by atoms with Crippen LogP contribution in [-0.2, 0) is 17.9 Å². The van der Waals surface area contributed by atoms with Gasteiger partial charge in [0.1, 0.15) is 30.0 Å². The summed E-state index contributed by atoms with van der Waals surface area (Å²) in [5.74, 6) is 1.45. The van der Waals surface area contributed by atoms with Gasteiger partial charge in [0.05, 0.1) is 0 Å². The van der Waals surface area contributed by atoms with Crippen LogP contribution in [0.4, 0.5) is 4.39 Å². The van der Waals surface area contributed by atoms with Crippen LogP contribution in [0.25, 0.3) is 6.08 Å². The summed E-state index contributed by atoms with van der Waals surface area (Å²) < 4.78 is 25.9. The summed E-state index contributed by atoms with van der Waals surface area (Å²) in [6, 6.07) is 22.6. The molecule has 2 N–H and O–H groups in total. The lowest BCUT2D eigenvalue weighted by Crippen LogP contribution is -2.35. The average molecular weight is 572 g/mol. The molecule has 0 aliphatic carbocycles. The third-order valence-corrected chi connectivity index (χ3v) is 8.07. The first-order chi connectivity index (χ1) is 20.6. The van der Waals surface area contributed by atoms with Crippen LogP contribution in [0.2, 0.25) is 0 Å². The monoisotopic (exact) mass is 571 g/mol. The number of amides is 1. The Morgan fingerprint density at radius 1 is 0.976 bits per heavy atom. The van der Waals surface area contributed by atoms with Gasteiger partial charge in [-0.15, -0.1) is 0 Å². The van der Waals surface area contributed by atoms with Gasteiger partial charge in [0.25, 0.3) is 0 Å². The summed E-state index contributed by atoms with van der Waals surface area (Å²) in [7, 11) is 0. The molecule has 0 atom stereocenters. The molecular formula is C35H42FN3O3. The molecule has 0 unspecified atom stereocenters. The van der Waals surface area contributed by atoms with Crippen LogP contribution in [0.1, 0.15) is 48.8 Å². The number of benzene rings is 3. The van der Waals surface area contributed by atoms with Crippen molar-refractivity contribution in [1.82, 2.24) is 15.5 Å². The Morgan fingerprint density at radius 2 is 1.74 bits per heavy atom. The van der Waals surface area contributed by atoms with Crippen molar-refractivity contribution in [2.24, 2.45) is 5.92 Å². The minimum Gasteiger partial charge on any atom is -0.490 e. The summed E-state index contributed by atoms with van der Waals surface area (Å²) in [5.41, 5.74) is 2.95. The van der Waals surface area contributed by atoms with Crippen LogP contribution < -0.4 is 20.1 Å². The van der Waals surface area contributed by atoms with Crippen molar-refractivity contribution in [3.8, 4) is 11.5 Å². The molecule has 3 aromatic rings. The highest BCUT2D eigenvalue weighted by Gasteiger charge is 2.21. The van der Waals surface area contributed by atoms with Gasteiger partial charge < -0.3 is 20.1 Å². The summed E-state index contributed by atoms with van der Waals surface area (Å²) in [6.45, 7) is 5.60. The van der Waals surface area contributed by atoms with Gasteiger partial charge in [-0.25, -0.2) is 4.39 Å². The molecule has 42 heavy (non-hydrogen) atoms. The molecule has 5 rings (SSSR count). The first-order valence-corrected chi connectivity index (χ1v) is 15.2. The zero-order chi connectivity index (χ0) is 29.0. The lowest BCUT2D eigenvalue weighted by atomic mass is 9.93. The normalized spacial score (nSPS) is 16.9.